The van der Waals surface area contributed by atoms with Crippen LogP contribution in [0.4, 0.5) is 10.7 Å². The standard InChI is InChI=1S/C12H9Cl2N3O3S/c13-6-2-1-3-7(14)9(6)10(11(15)18)16-8-4-5-21-12(8)17(19)20/h1-5,10,16H,(H2,15,18). The fourth-order valence-corrected chi connectivity index (χ4v) is 3.07. The van der Waals surface area contributed by atoms with E-state index in [-0.39, 0.29) is 26.3 Å². The number of primary amides is 1. The van der Waals surface area contributed by atoms with E-state index in [0.717, 1.165) is 11.3 Å². The summed E-state index contributed by atoms with van der Waals surface area (Å²) in [5.41, 5.74) is 5.84. The predicted octanol–water partition coefficient (Wildman–Crippen LogP) is 3.60. The molecule has 0 fully saturated rings. The summed E-state index contributed by atoms with van der Waals surface area (Å²) in [4.78, 5) is 22.1. The normalized spacial score (nSPS) is 11.9. The average Bonchev–Trinajstić information content (AvgIpc) is 2.85. The van der Waals surface area contributed by atoms with Crippen molar-refractivity contribution in [2.75, 3.05) is 5.32 Å². The number of benzene rings is 1. The molecule has 1 unspecified atom stereocenters. The van der Waals surface area contributed by atoms with Crippen LogP contribution in [0.15, 0.2) is 29.6 Å². The Kier molecular flexibility index (Phi) is 4.66. The molecule has 1 aromatic heterocycles. The van der Waals surface area contributed by atoms with Crippen molar-refractivity contribution in [1.29, 1.82) is 0 Å². The minimum Gasteiger partial charge on any atom is -0.368 e. The first kappa shape index (κ1) is 15.6. The van der Waals surface area contributed by atoms with E-state index in [1.807, 2.05) is 0 Å². The second-order valence-electron chi connectivity index (χ2n) is 4.01. The van der Waals surface area contributed by atoms with Gasteiger partial charge in [-0.25, -0.2) is 0 Å². The Hall–Kier alpha value is -1.83. The van der Waals surface area contributed by atoms with Crippen molar-refractivity contribution in [3.05, 3.63) is 55.4 Å². The summed E-state index contributed by atoms with van der Waals surface area (Å²) in [7, 11) is 0. The Balaban J connectivity index is 2.43. The van der Waals surface area contributed by atoms with Crippen LogP contribution in [-0.2, 0) is 4.79 Å². The first-order chi connectivity index (χ1) is 9.91. The molecule has 0 saturated heterocycles. The molecule has 21 heavy (non-hydrogen) atoms. The van der Waals surface area contributed by atoms with Crippen LogP contribution in [0.25, 0.3) is 0 Å². The molecule has 9 heteroatoms. The summed E-state index contributed by atoms with van der Waals surface area (Å²) in [5, 5.41) is 15.6. The highest BCUT2D eigenvalue weighted by Gasteiger charge is 2.26. The molecule has 2 aromatic rings. The first-order valence-corrected chi connectivity index (χ1v) is 7.27. The molecule has 0 saturated carbocycles. The number of amides is 1. The van der Waals surface area contributed by atoms with Crippen molar-refractivity contribution in [2.24, 2.45) is 5.73 Å². The number of nitrogens with one attached hydrogen (secondary N) is 1. The molecule has 0 aliphatic rings. The lowest BCUT2D eigenvalue weighted by molar-refractivity contribution is -0.379. The molecule has 1 aromatic carbocycles. The summed E-state index contributed by atoms with van der Waals surface area (Å²) in [5.74, 6) is -0.745. The van der Waals surface area contributed by atoms with Gasteiger partial charge in [-0.2, -0.15) is 0 Å². The smallest absolute Gasteiger partial charge is 0.347 e. The molecular formula is C12H9Cl2N3O3S. The first-order valence-electron chi connectivity index (χ1n) is 5.63. The van der Waals surface area contributed by atoms with E-state index in [9.17, 15) is 14.9 Å². The number of hydrogen-bond donors (Lipinski definition) is 2. The van der Waals surface area contributed by atoms with Gasteiger partial charge in [0, 0.05) is 15.6 Å². The minimum absolute atomic E-state index is 0.121. The van der Waals surface area contributed by atoms with Crippen LogP contribution >= 0.6 is 34.5 Å². The number of nitro groups is 1. The number of carbonyl (C=O) groups is 1. The highest BCUT2D eigenvalue weighted by atomic mass is 35.5. The van der Waals surface area contributed by atoms with Gasteiger partial charge in [0.2, 0.25) is 5.91 Å². The van der Waals surface area contributed by atoms with E-state index < -0.39 is 16.9 Å². The second-order valence-corrected chi connectivity index (χ2v) is 5.72. The van der Waals surface area contributed by atoms with Crippen LogP contribution in [0.5, 0.6) is 0 Å². The SMILES string of the molecule is NC(=O)C(Nc1ccsc1[N+](=O)[O-])c1c(Cl)cccc1Cl. The van der Waals surface area contributed by atoms with Crippen LogP contribution in [0.3, 0.4) is 0 Å². The van der Waals surface area contributed by atoms with E-state index in [1.165, 1.54) is 11.4 Å². The van der Waals surface area contributed by atoms with E-state index in [1.54, 1.807) is 18.2 Å². The Labute approximate surface area is 133 Å². The third-order valence-electron chi connectivity index (χ3n) is 2.68. The fourth-order valence-electron chi connectivity index (χ4n) is 1.78. The third-order valence-corrected chi connectivity index (χ3v) is 4.21. The van der Waals surface area contributed by atoms with Gasteiger partial charge in [-0.3, -0.25) is 14.9 Å². The lowest BCUT2D eigenvalue weighted by Gasteiger charge is -2.18. The molecule has 2 rings (SSSR count). The molecule has 0 aliphatic heterocycles. The number of nitrogens with zero attached hydrogens (tertiary/aromatic N) is 1. The van der Waals surface area contributed by atoms with Crippen LogP contribution < -0.4 is 11.1 Å². The lowest BCUT2D eigenvalue weighted by Crippen LogP contribution is -2.28. The Morgan fingerprint density at radius 2 is 1.95 bits per heavy atom. The van der Waals surface area contributed by atoms with E-state index in [0.29, 0.717) is 0 Å². The van der Waals surface area contributed by atoms with E-state index in [4.69, 9.17) is 28.9 Å². The maximum atomic E-state index is 11.7. The Morgan fingerprint density at radius 3 is 2.48 bits per heavy atom. The Morgan fingerprint density at radius 1 is 1.33 bits per heavy atom. The molecule has 1 amide bonds. The topological polar surface area (TPSA) is 98.3 Å². The summed E-state index contributed by atoms with van der Waals surface area (Å²) in [6.07, 6.45) is 0. The lowest BCUT2D eigenvalue weighted by atomic mass is 10.1. The summed E-state index contributed by atoms with van der Waals surface area (Å²) in [6, 6.07) is 5.16. The molecule has 0 radical (unpaired) electrons. The molecule has 0 bridgehead atoms. The third kappa shape index (κ3) is 3.26. The second kappa shape index (κ2) is 6.30. The van der Waals surface area contributed by atoms with Crippen molar-refractivity contribution in [3.63, 3.8) is 0 Å². The van der Waals surface area contributed by atoms with Crippen LogP contribution in [0.1, 0.15) is 11.6 Å². The average molecular weight is 346 g/mol. The highest BCUT2D eigenvalue weighted by Crippen LogP contribution is 2.36. The van der Waals surface area contributed by atoms with Crippen LogP contribution in [0.2, 0.25) is 10.0 Å². The predicted molar refractivity (Wildman–Crippen MR) is 83.0 cm³/mol. The van der Waals surface area contributed by atoms with Crippen molar-refractivity contribution in [1.82, 2.24) is 0 Å². The monoisotopic (exact) mass is 345 g/mol. The van der Waals surface area contributed by atoms with Crippen molar-refractivity contribution in [2.45, 2.75) is 6.04 Å². The molecule has 1 heterocycles. The number of rotatable bonds is 5. The van der Waals surface area contributed by atoms with Gasteiger partial charge in [0.1, 0.15) is 11.7 Å². The number of anilines is 1. The fraction of sp³-hybridized carbons (Fsp3) is 0.0833. The molecule has 1 atom stereocenters. The summed E-state index contributed by atoms with van der Waals surface area (Å²) >= 11 is 13.0. The van der Waals surface area contributed by atoms with Crippen LogP contribution in [-0.4, -0.2) is 10.8 Å². The summed E-state index contributed by atoms with van der Waals surface area (Å²) < 4.78 is 0. The van der Waals surface area contributed by atoms with Gasteiger partial charge in [0.25, 0.3) is 0 Å². The molecule has 110 valence electrons. The number of carbonyl (C=O) groups excluding carboxylic acids is 1. The Bertz CT molecular complexity index is 685. The molecule has 0 spiro atoms. The van der Waals surface area contributed by atoms with Gasteiger partial charge in [0.15, 0.2) is 0 Å². The van der Waals surface area contributed by atoms with Gasteiger partial charge in [0.05, 0.1) is 4.92 Å². The van der Waals surface area contributed by atoms with Crippen molar-refractivity contribution in [3.8, 4) is 0 Å². The van der Waals surface area contributed by atoms with Gasteiger partial charge >= 0.3 is 5.00 Å². The molecule has 0 aliphatic carbocycles. The van der Waals surface area contributed by atoms with Gasteiger partial charge in [-0.1, -0.05) is 40.6 Å². The molecule has 6 nitrogen and oxygen atoms in total. The maximum Gasteiger partial charge on any atom is 0.347 e. The number of thiophene rings is 1. The van der Waals surface area contributed by atoms with Crippen molar-refractivity contribution < 1.29 is 9.72 Å². The zero-order chi connectivity index (χ0) is 15.6. The summed E-state index contributed by atoms with van der Waals surface area (Å²) in [6.45, 7) is 0. The zero-order valence-electron chi connectivity index (χ0n) is 10.4. The van der Waals surface area contributed by atoms with Gasteiger partial charge < -0.3 is 11.1 Å². The minimum atomic E-state index is -1.07. The molecular weight excluding hydrogens is 337 g/mol. The maximum absolute atomic E-state index is 11.7. The number of hydrogen-bond acceptors (Lipinski definition) is 5. The quantitative estimate of drug-likeness (QED) is 0.638. The zero-order valence-corrected chi connectivity index (χ0v) is 12.7. The van der Waals surface area contributed by atoms with Gasteiger partial charge in [-0.15, -0.1) is 0 Å². The van der Waals surface area contributed by atoms with E-state index in [2.05, 4.69) is 5.32 Å². The van der Waals surface area contributed by atoms with E-state index >= 15 is 0 Å². The molecule has 3 N–H and O–H groups in total. The largest absolute Gasteiger partial charge is 0.368 e. The number of halogens is 2. The van der Waals surface area contributed by atoms with Crippen LogP contribution in [0, 0.1) is 10.1 Å². The van der Waals surface area contributed by atoms with Crippen molar-refractivity contribution >= 4 is 51.1 Å². The highest BCUT2D eigenvalue weighted by molar-refractivity contribution is 7.14. The van der Waals surface area contributed by atoms with Gasteiger partial charge in [-0.05, 0) is 23.6 Å². The number of nitrogens with two attached hydrogens (primary N) is 1.